The van der Waals surface area contributed by atoms with Crippen molar-refractivity contribution in [3.05, 3.63) is 24.3 Å². The first-order chi connectivity index (χ1) is 11.8. The second kappa shape index (κ2) is 7.21. The van der Waals surface area contributed by atoms with Gasteiger partial charge in [-0.05, 0) is 44.4 Å². The molecular formula is C17H26N4O3S. The Kier molecular flexibility index (Phi) is 5.19. The molecule has 0 aliphatic carbocycles. The Labute approximate surface area is 149 Å². The number of para-hydroxylation sites is 2. The van der Waals surface area contributed by atoms with Crippen LogP contribution in [0.1, 0.15) is 25.7 Å². The smallest absolute Gasteiger partial charge is 0.234 e. The average Bonchev–Trinajstić information content (AvgIpc) is 3.04. The standard InChI is InChI=1S/C17H26N4O3S/c1-25(23,24)19-14-5-2-3-6-15(14)20-11-8-13(9-12-20)21-10-4-7-16(21)17(18)22/h2-3,5-6,13,16,19H,4,7-12H2,1H3,(H2,18,22). The van der Waals surface area contributed by atoms with E-state index >= 15 is 0 Å². The minimum absolute atomic E-state index is 0.129. The summed E-state index contributed by atoms with van der Waals surface area (Å²) in [7, 11) is -3.32. The van der Waals surface area contributed by atoms with Gasteiger partial charge in [0.05, 0.1) is 23.7 Å². The number of amides is 1. The Bertz CT molecular complexity index is 729. The third-order valence-corrected chi connectivity index (χ3v) is 5.69. The van der Waals surface area contributed by atoms with E-state index in [4.69, 9.17) is 5.73 Å². The number of nitrogens with one attached hydrogen (secondary N) is 1. The lowest BCUT2D eigenvalue weighted by Crippen LogP contribution is -2.50. The van der Waals surface area contributed by atoms with Crippen LogP contribution < -0.4 is 15.4 Å². The van der Waals surface area contributed by atoms with Crippen LogP contribution in [-0.4, -0.2) is 57.2 Å². The lowest BCUT2D eigenvalue weighted by molar-refractivity contribution is -0.123. The number of likely N-dealkylation sites (tertiary alicyclic amines) is 1. The number of carbonyl (C=O) groups excluding carboxylic acids is 1. The van der Waals surface area contributed by atoms with Crippen molar-refractivity contribution in [3.63, 3.8) is 0 Å². The maximum atomic E-state index is 11.6. The van der Waals surface area contributed by atoms with E-state index in [0.29, 0.717) is 11.7 Å². The Hall–Kier alpha value is -1.80. The zero-order chi connectivity index (χ0) is 18.0. The van der Waals surface area contributed by atoms with Crippen molar-refractivity contribution in [1.29, 1.82) is 0 Å². The number of piperidine rings is 1. The number of rotatable bonds is 5. The summed E-state index contributed by atoms with van der Waals surface area (Å²) in [5.74, 6) is -0.220. The normalized spacial score (nSPS) is 22.9. The van der Waals surface area contributed by atoms with Gasteiger partial charge in [0.2, 0.25) is 15.9 Å². The van der Waals surface area contributed by atoms with Crippen molar-refractivity contribution in [2.24, 2.45) is 5.73 Å². The quantitative estimate of drug-likeness (QED) is 0.810. The molecular weight excluding hydrogens is 340 g/mol. The number of hydrogen-bond donors (Lipinski definition) is 2. The molecule has 2 aliphatic heterocycles. The fourth-order valence-corrected chi connectivity index (χ4v) is 4.58. The Balaban J connectivity index is 1.68. The van der Waals surface area contributed by atoms with Crippen molar-refractivity contribution in [1.82, 2.24) is 4.90 Å². The minimum Gasteiger partial charge on any atom is -0.370 e. The van der Waals surface area contributed by atoms with Gasteiger partial charge in [-0.15, -0.1) is 0 Å². The highest BCUT2D eigenvalue weighted by molar-refractivity contribution is 7.92. The molecule has 1 atom stereocenters. The molecule has 0 saturated carbocycles. The third-order valence-electron chi connectivity index (χ3n) is 5.10. The Morgan fingerprint density at radius 1 is 1.16 bits per heavy atom. The highest BCUT2D eigenvalue weighted by Crippen LogP contribution is 2.31. The van der Waals surface area contributed by atoms with Gasteiger partial charge in [-0.25, -0.2) is 8.42 Å². The third kappa shape index (κ3) is 4.24. The highest BCUT2D eigenvalue weighted by Gasteiger charge is 2.35. The predicted molar refractivity (Wildman–Crippen MR) is 99.1 cm³/mol. The SMILES string of the molecule is CS(=O)(=O)Nc1ccccc1N1CCC(N2CCCC2C(N)=O)CC1. The number of nitrogens with zero attached hydrogens (tertiary/aromatic N) is 2. The maximum Gasteiger partial charge on any atom is 0.234 e. The Morgan fingerprint density at radius 2 is 1.84 bits per heavy atom. The van der Waals surface area contributed by atoms with Gasteiger partial charge in [-0.1, -0.05) is 12.1 Å². The van der Waals surface area contributed by atoms with Crippen LogP contribution in [0.5, 0.6) is 0 Å². The van der Waals surface area contributed by atoms with E-state index in [0.717, 1.165) is 57.3 Å². The number of nitrogens with two attached hydrogens (primary N) is 1. The minimum atomic E-state index is -3.32. The summed E-state index contributed by atoms with van der Waals surface area (Å²) in [4.78, 5) is 16.1. The first-order valence-electron chi connectivity index (χ1n) is 8.72. The molecule has 0 bridgehead atoms. The van der Waals surface area contributed by atoms with E-state index in [1.807, 2.05) is 18.2 Å². The molecule has 1 amide bonds. The summed E-state index contributed by atoms with van der Waals surface area (Å²) in [6, 6.07) is 7.70. The molecule has 1 aromatic rings. The van der Waals surface area contributed by atoms with E-state index in [1.54, 1.807) is 6.07 Å². The van der Waals surface area contributed by atoms with Gasteiger partial charge in [0, 0.05) is 19.1 Å². The molecule has 0 radical (unpaired) electrons. The highest BCUT2D eigenvalue weighted by atomic mass is 32.2. The van der Waals surface area contributed by atoms with Crippen LogP contribution in [0, 0.1) is 0 Å². The van der Waals surface area contributed by atoms with Crippen molar-refractivity contribution in [3.8, 4) is 0 Å². The molecule has 3 N–H and O–H groups in total. The molecule has 1 aromatic carbocycles. The van der Waals surface area contributed by atoms with Crippen LogP contribution >= 0.6 is 0 Å². The number of hydrogen-bond acceptors (Lipinski definition) is 5. The molecule has 1 unspecified atom stereocenters. The predicted octanol–water partition coefficient (Wildman–Crippen LogP) is 0.977. The maximum absolute atomic E-state index is 11.6. The molecule has 3 rings (SSSR count). The first-order valence-corrected chi connectivity index (χ1v) is 10.6. The van der Waals surface area contributed by atoms with Crippen molar-refractivity contribution in [2.45, 2.75) is 37.8 Å². The summed E-state index contributed by atoms with van der Waals surface area (Å²) in [6.45, 7) is 2.59. The molecule has 138 valence electrons. The van der Waals surface area contributed by atoms with Crippen LogP contribution in [0.4, 0.5) is 11.4 Å². The number of primary amides is 1. The second-order valence-electron chi connectivity index (χ2n) is 6.91. The second-order valence-corrected chi connectivity index (χ2v) is 8.66. The summed E-state index contributed by atoms with van der Waals surface area (Å²) in [6.07, 6.45) is 4.92. The lowest BCUT2D eigenvalue weighted by atomic mass is 10.0. The fourth-order valence-electron chi connectivity index (χ4n) is 4.01. The van der Waals surface area contributed by atoms with Crippen LogP contribution in [0.25, 0.3) is 0 Å². The molecule has 0 aromatic heterocycles. The van der Waals surface area contributed by atoms with Gasteiger partial charge >= 0.3 is 0 Å². The molecule has 25 heavy (non-hydrogen) atoms. The van der Waals surface area contributed by atoms with E-state index < -0.39 is 10.0 Å². The molecule has 2 heterocycles. The summed E-state index contributed by atoms with van der Waals surface area (Å²) < 4.78 is 25.8. The largest absolute Gasteiger partial charge is 0.370 e. The van der Waals surface area contributed by atoms with Crippen LogP contribution in [0.3, 0.4) is 0 Å². The molecule has 2 fully saturated rings. The topological polar surface area (TPSA) is 95.7 Å². The van der Waals surface area contributed by atoms with Gasteiger partial charge in [0.1, 0.15) is 0 Å². The van der Waals surface area contributed by atoms with Gasteiger partial charge in [0.25, 0.3) is 0 Å². The molecule has 0 spiro atoms. The molecule has 2 aliphatic rings. The summed E-state index contributed by atoms with van der Waals surface area (Å²) in [5.41, 5.74) is 7.05. The van der Waals surface area contributed by atoms with Gasteiger partial charge < -0.3 is 10.6 Å². The van der Waals surface area contributed by atoms with Crippen molar-refractivity contribution >= 4 is 27.3 Å². The van der Waals surface area contributed by atoms with Gasteiger partial charge in [-0.2, -0.15) is 0 Å². The number of anilines is 2. The van der Waals surface area contributed by atoms with E-state index in [2.05, 4.69) is 14.5 Å². The number of benzene rings is 1. The molecule has 2 saturated heterocycles. The fraction of sp³-hybridized carbons (Fsp3) is 0.588. The molecule has 7 nitrogen and oxygen atoms in total. The van der Waals surface area contributed by atoms with E-state index in [1.165, 1.54) is 0 Å². The lowest BCUT2D eigenvalue weighted by Gasteiger charge is -2.40. The van der Waals surface area contributed by atoms with Crippen LogP contribution in [0.2, 0.25) is 0 Å². The van der Waals surface area contributed by atoms with Gasteiger partial charge in [-0.3, -0.25) is 14.4 Å². The number of sulfonamides is 1. The van der Waals surface area contributed by atoms with Crippen LogP contribution in [-0.2, 0) is 14.8 Å². The van der Waals surface area contributed by atoms with Crippen LogP contribution in [0.15, 0.2) is 24.3 Å². The monoisotopic (exact) mass is 366 g/mol. The number of carbonyl (C=O) groups is 1. The summed E-state index contributed by atoms with van der Waals surface area (Å²) in [5, 5.41) is 0. The molecule has 8 heteroatoms. The zero-order valence-corrected chi connectivity index (χ0v) is 15.3. The summed E-state index contributed by atoms with van der Waals surface area (Å²) >= 11 is 0. The van der Waals surface area contributed by atoms with E-state index in [-0.39, 0.29) is 11.9 Å². The first kappa shape index (κ1) is 18.0. The van der Waals surface area contributed by atoms with Crippen molar-refractivity contribution < 1.29 is 13.2 Å². The van der Waals surface area contributed by atoms with Crippen molar-refractivity contribution in [2.75, 3.05) is 35.5 Å². The van der Waals surface area contributed by atoms with Gasteiger partial charge in [0.15, 0.2) is 0 Å². The zero-order valence-electron chi connectivity index (χ0n) is 14.5. The Morgan fingerprint density at radius 3 is 2.48 bits per heavy atom. The average molecular weight is 366 g/mol. The van der Waals surface area contributed by atoms with E-state index in [9.17, 15) is 13.2 Å².